The molecule has 0 aromatic carbocycles. The van der Waals surface area contributed by atoms with Crippen molar-refractivity contribution in [2.45, 2.75) is 19.3 Å². The summed E-state index contributed by atoms with van der Waals surface area (Å²) in [7, 11) is -3.36. The third-order valence-corrected chi connectivity index (χ3v) is 2.82. The highest BCUT2D eigenvalue weighted by Gasteiger charge is 2.14. The van der Waals surface area contributed by atoms with E-state index in [1.54, 1.807) is 0 Å². The summed E-state index contributed by atoms with van der Waals surface area (Å²) >= 11 is 0. The van der Waals surface area contributed by atoms with E-state index in [4.69, 9.17) is 5.73 Å². The van der Waals surface area contributed by atoms with Crippen LogP contribution in [0.4, 0.5) is 0 Å². The fraction of sp³-hybridized carbons (Fsp3) is 0.571. The number of rotatable bonds is 5. The first-order valence-electron chi connectivity index (χ1n) is 3.96. The molecule has 5 nitrogen and oxygen atoms in total. The van der Waals surface area contributed by atoms with E-state index in [1.807, 2.05) is 0 Å². The third-order valence-electron chi connectivity index (χ3n) is 1.60. The zero-order valence-corrected chi connectivity index (χ0v) is 7.93. The molecule has 1 aliphatic carbocycles. The van der Waals surface area contributed by atoms with Crippen molar-refractivity contribution < 1.29 is 13.2 Å². The van der Waals surface area contributed by atoms with Gasteiger partial charge in [0.25, 0.3) is 0 Å². The van der Waals surface area contributed by atoms with Gasteiger partial charge in [-0.05, 0) is 12.8 Å². The predicted molar refractivity (Wildman–Crippen MR) is 48.1 cm³/mol. The molecule has 0 aliphatic heterocycles. The van der Waals surface area contributed by atoms with Gasteiger partial charge in [-0.2, -0.15) is 0 Å². The molecule has 6 heteroatoms. The molecule has 1 rings (SSSR count). The minimum Gasteiger partial charge on any atom is -0.370 e. The Morgan fingerprint density at radius 2 is 2.15 bits per heavy atom. The number of carbonyl (C=O) groups excluding carboxylic acids is 1. The molecule has 0 aromatic rings. The average Bonchev–Trinajstić information content (AvgIpc) is 2.81. The van der Waals surface area contributed by atoms with Crippen molar-refractivity contribution in [2.24, 2.45) is 5.73 Å². The molecule has 1 saturated carbocycles. The molecule has 0 unspecified atom stereocenters. The molecular formula is C7H12N2O3S. The fourth-order valence-corrected chi connectivity index (χ4v) is 1.62. The van der Waals surface area contributed by atoms with Gasteiger partial charge in [-0.15, -0.1) is 0 Å². The van der Waals surface area contributed by atoms with Crippen LogP contribution < -0.4 is 10.5 Å². The first-order valence-corrected chi connectivity index (χ1v) is 5.61. The molecule has 0 spiro atoms. The largest absolute Gasteiger partial charge is 0.370 e. The minimum atomic E-state index is -3.36. The number of primary amides is 1. The number of allylic oxidation sites excluding steroid dienone is 1. The second-order valence-corrected chi connectivity index (χ2v) is 4.83. The van der Waals surface area contributed by atoms with Crippen LogP contribution in [0.1, 0.15) is 19.3 Å². The quantitative estimate of drug-likeness (QED) is 0.630. The Morgan fingerprint density at radius 3 is 2.62 bits per heavy atom. The van der Waals surface area contributed by atoms with Gasteiger partial charge in [0.2, 0.25) is 15.9 Å². The van der Waals surface area contributed by atoms with Crippen LogP contribution in [0.15, 0.2) is 11.8 Å². The van der Waals surface area contributed by atoms with Crippen molar-refractivity contribution in [3.8, 4) is 0 Å². The second kappa shape index (κ2) is 3.78. The molecule has 0 aromatic heterocycles. The van der Waals surface area contributed by atoms with E-state index in [0.717, 1.165) is 18.4 Å². The second-order valence-electron chi connectivity index (χ2n) is 2.96. The SMILES string of the molecule is NC(=O)CCS(=O)(=O)NC=C1CC1. The Labute approximate surface area is 77.0 Å². The zero-order valence-electron chi connectivity index (χ0n) is 7.12. The van der Waals surface area contributed by atoms with E-state index >= 15 is 0 Å². The molecule has 1 aliphatic rings. The van der Waals surface area contributed by atoms with Crippen molar-refractivity contribution in [2.75, 3.05) is 5.75 Å². The lowest BCUT2D eigenvalue weighted by molar-refractivity contribution is -0.117. The number of carbonyl (C=O) groups is 1. The summed E-state index contributed by atoms with van der Waals surface area (Å²) in [6.45, 7) is 0. The summed E-state index contributed by atoms with van der Waals surface area (Å²) in [5, 5.41) is 0. The highest BCUT2D eigenvalue weighted by molar-refractivity contribution is 7.89. The van der Waals surface area contributed by atoms with Gasteiger partial charge >= 0.3 is 0 Å². The number of sulfonamides is 1. The van der Waals surface area contributed by atoms with Crippen LogP contribution in [-0.4, -0.2) is 20.1 Å². The third kappa shape index (κ3) is 4.51. The first kappa shape index (κ1) is 10.0. The molecule has 3 N–H and O–H groups in total. The number of amides is 1. The van der Waals surface area contributed by atoms with Crippen LogP contribution in [0.5, 0.6) is 0 Å². The maximum absolute atomic E-state index is 11.1. The summed E-state index contributed by atoms with van der Waals surface area (Å²) in [5.41, 5.74) is 5.91. The molecule has 1 fully saturated rings. The van der Waals surface area contributed by atoms with Gasteiger partial charge in [0.15, 0.2) is 0 Å². The number of hydrogen-bond acceptors (Lipinski definition) is 3. The highest BCUT2D eigenvalue weighted by Crippen LogP contribution is 2.26. The smallest absolute Gasteiger partial charge is 0.232 e. The van der Waals surface area contributed by atoms with Gasteiger partial charge in [-0.1, -0.05) is 5.57 Å². The first-order chi connectivity index (χ1) is 5.99. The molecule has 0 atom stereocenters. The van der Waals surface area contributed by atoms with Crippen molar-refractivity contribution >= 4 is 15.9 Å². The zero-order chi connectivity index (χ0) is 9.90. The van der Waals surface area contributed by atoms with Crippen LogP contribution in [0.3, 0.4) is 0 Å². The lowest BCUT2D eigenvalue weighted by Crippen LogP contribution is -2.25. The molecule has 1 amide bonds. The van der Waals surface area contributed by atoms with Crippen molar-refractivity contribution in [1.82, 2.24) is 4.72 Å². The van der Waals surface area contributed by atoms with E-state index in [2.05, 4.69) is 4.72 Å². The van der Waals surface area contributed by atoms with Gasteiger partial charge in [0, 0.05) is 12.6 Å². The van der Waals surface area contributed by atoms with Crippen LogP contribution in [-0.2, 0) is 14.8 Å². The number of nitrogens with one attached hydrogen (secondary N) is 1. The molecule has 74 valence electrons. The van der Waals surface area contributed by atoms with Crippen LogP contribution in [0.2, 0.25) is 0 Å². The normalized spacial score (nSPS) is 15.2. The summed E-state index contributed by atoms with van der Waals surface area (Å²) < 4.78 is 24.5. The Bertz CT molecular complexity index is 326. The minimum absolute atomic E-state index is 0.140. The Kier molecular flexibility index (Phi) is 2.92. The molecule has 0 saturated heterocycles. The van der Waals surface area contributed by atoms with E-state index in [9.17, 15) is 13.2 Å². The van der Waals surface area contributed by atoms with Crippen LogP contribution in [0.25, 0.3) is 0 Å². The topological polar surface area (TPSA) is 89.3 Å². The number of hydrogen-bond donors (Lipinski definition) is 2. The lowest BCUT2D eigenvalue weighted by Gasteiger charge is -2.00. The molecular weight excluding hydrogens is 192 g/mol. The molecule has 0 bridgehead atoms. The standard InChI is InChI=1S/C7H12N2O3S/c8-7(10)3-4-13(11,12)9-5-6-1-2-6/h5,9H,1-4H2,(H2,8,10). The van der Waals surface area contributed by atoms with Gasteiger partial charge in [0.05, 0.1) is 5.75 Å². The van der Waals surface area contributed by atoms with E-state index in [1.165, 1.54) is 6.20 Å². The maximum atomic E-state index is 11.1. The molecule has 0 heterocycles. The average molecular weight is 204 g/mol. The van der Waals surface area contributed by atoms with Crippen molar-refractivity contribution in [3.63, 3.8) is 0 Å². The molecule has 0 radical (unpaired) electrons. The van der Waals surface area contributed by atoms with Gasteiger partial charge < -0.3 is 5.73 Å². The van der Waals surface area contributed by atoms with Crippen molar-refractivity contribution in [1.29, 1.82) is 0 Å². The predicted octanol–water partition coefficient (Wildman–Crippen LogP) is -0.541. The summed E-state index contributed by atoms with van der Waals surface area (Å²) in [4.78, 5) is 10.3. The van der Waals surface area contributed by atoms with E-state index in [0.29, 0.717) is 0 Å². The lowest BCUT2D eigenvalue weighted by atomic mass is 10.5. The Hall–Kier alpha value is -1.04. The van der Waals surface area contributed by atoms with Crippen molar-refractivity contribution in [3.05, 3.63) is 11.8 Å². The summed E-state index contributed by atoms with van der Waals surface area (Å²) in [5.74, 6) is -0.851. The summed E-state index contributed by atoms with van der Waals surface area (Å²) in [6, 6.07) is 0. The maximum Gasteiger partial charge on any atom is 0.232 e. The summed E-state index contributed by atoms with van der Waals surface area (Å²) in [6.07, 6.45) is 3.26. The van der Waals surface area contributed by atoms with Gasteiger partial charge in [-0.3, -0.25) is 9.52 Å². The van der Waals surface area contributed by atoms with E-state index < -0.39 is 15.9 Å². The van der Waals surface area contributed by atoms with Gasteiger partial charge in [0.1, 0.15) is 0 Å². The number of nitrogens with two attached hydrogens (primary N) is 1. The Balaban J connectivity index is 2.36. The van der Waals surface area contributed by atoms with E-state index in [-0.39, 0.29) is 12.2 Å². The molecule has 13 heavy (non-hydrogen) atoms. The monoisotopic (exact) mass is 204 g/mol. The fourth-order valence-electron chi connectivity index (χ4n) is 0.684. The van der Waals surface area contributed by atoms with Crippen LogP contribution >= 0.6 is 0 Å². The highest BCUT2D eigenvalue weighted by atomic mass is 32.2. The van der Waals surface area contributed by atoms with Gasteiger partial charge in [-0.25, -0.2) is 8.42 Å². The van der Waals surface area contributed by atoms with Crippen LogP contribution in [0, 0.1) is 0 Å². The Morgan fingerprint density at radius 1 is 1.54 bits per heavy atom.